The first-order chi connectivity index (χ1) is 13.9. The van der Waals surface area contributed by atoms with Crippen LogP contribution in [-0.2, 0) is 4.79 Å². The molecule has 1 amide bonds. The number of methoxy groups -OCH3 is 1. The van der Waals surface area contributed by atoms with Crippen LogP contribution in [0, 0.1) is 5.82 Å². The van der Waals surface area contributed by atoms with E-state index >= 15 is 0 Å². The molecular formula is C20H21FN4O2S2. The zero-order valence-electron chi connectivity index (χ0n) is 16.2. The first kappa shape index (κ1) is 21.1. The van der Waals surface area contributed by atoms with Crippen LogP contribution in [0.15, 0.2) is 52.9 Å². The van der Waals surface area contributed by atoms with E-state index in [1.807, 2.05) is 38.1 Å². The Bertz CT molecular complexity index is 948. The van der Waals surface area contributed by atoms with Crippen LogP contribution in [0.3, 0.4) is 0 Å². The number of nitrogens with zero attached hydrogens (tertiary/aromatic N) is 2. The first-order valence-electron chi connectivity index (χ1n) is 8.91. The van der Waals surface area contributed by atoms with Gasteiger partial charge in [-0.05, 0) is 55.8 Å². The predicted octanol–water partition coefficient (Wildman–Crippen LogP) is 4.79. The largest absolute Gasteiger partial charge is 0.497 e. The van der Waals surface area contributed by atoms with Gasteiger partial charge < -0.3 is 15.4 Å². The van der Waals surface area contributed by atoms with Crippen molar-refractivity contribution in [1.29, 1.82) is 0 Å². The molecule has 3 aromatic rings. The summed E-state index contributed by atoms with van der Waals surface area (Å²) in [6.45, 7) is 3.68. The molecule has 3 rings (SSSR count). The smallest absolute Gasteiger partial charge is 0.233 e. The zero-order valence-corrected chi connectivity index (χ0v) is 17.8. The van der Waals surface area contributed by atoms with Crippen LogP contribution >= 0.6 is 23.1 Å². The Balaban J connectivity index is 1.53. The van der Waals surface area contributed by atoms with E-state index in [1.165, 1.54) is 35.2 Å². The molecule has 1 aromatic heterocycles. The lowest BCUT2D eigenvalue weighted by Crippen LogP contribution is -2.33. The number of anilines is 2. The minimum Gasteiger partial charge on any atom is -0.497 e. The molecule has 152 valence electrons. The Morgan fingerprint density at radius 3 is 2.45 bits per heavy atom. The Morgan fingerprint density at radius 2 is 1.79 bits per heavy atom. The molecule has 0 fully saturated rings. The molecule has 9 heteroatoms. The van der Waals surface area contributed by atoms with E-state index in [2.05, 4.69) is 20.8 Å². The Kier molecular flexibility index (Phi) is 7.05. The number of halogens is 1. The van der Waals surface area contributed by atoms with Crippen LogP contribution < -0.4 is 15.4 Å². The summed E-state index contributed by atoms with van der Waals surface area (Å²) in [4.78, 5) is 12.5. The van der Waals surface area contributed by atoms with Gasteiger partial charge in [-0.3, -0.25) is 4.79 Å². The van der Waals surface area contributed by atoms with Gasteiger partial charge in [0.05, 0.1) is 18.4 Å². The number of hydrogen-bond donors (Lipinski definition) is 2. The van der Waals surface area contributed by atoms with Gasteiger partial charge in [0.15, 0.2) is 4.34 Å². The average Bonchev–Trinajstić information content (AvgIpc) is 3.15. The van der Waals surface area contributed by atoms with Gasteiger partial charge >= 0.3 is 0 Å². The highest BCUT2D eigenvalue weighted by molar-refractivity contribution is 8.02. The van der Waals surface area contributed by atoms with Gasteiger partial charge in [0.25, 0.3) is 0 Å². The number of benzene rings is 2. The van der Waals surface area contributed by atoms with Gasteiger partial charge in [-0.2, -0.15) is 0 Å². The molecule has 0 saturated heterocycles. The number of aromatic nitrogens is 2. The van der Waals surface area contributed by atoms with Crippen molar-refractivity contribution in [3.63, 3.8) is 0 Å². The van der Waals surface area contributed by atoms with Crippen molar-refractivity contribution in [1.82, 2.24) is 15.5 Å². The summed E-state index contributed by atoms with van der Waals surface area (Å²) >= 11 is 2.72. The third kappa shape index (κ3) is 5.91. The predicted molar refractivity (Wildman–Crippen MR) is 114 cm³/mol. The highest BCUT2D eigenvalue weighted by Gasteiger charge is 2.19. The van der Waals surface area contributed by atoms with Crippen LogP contribution in [0.2, 0.25) is 0 Å². The molecule has 0 bridgehead atoms. The number of amides is 1. The average molecular weight is 433 g/mol. The first-order valence-corrected chi connectivity index (χ1v) is 10.6. The maximum absolute atomic E-state index is 13.0. The van der Waals surface area contributed by atoms with Crippen molar-refractivity contribution < 1.29 is 13.9 Å². The van der Waals surface area contributed by atoms with Crippen LogP contribution in [0.25, 0.3) is 0 Å². The maximum atomic E-state index is 13.0. The van der Waals surface area contributed by atoms with E-state index in [4.69, 9.17) is 4.74 Å². The SMILES string of the molecule is COc1ccc(Nc2nnc(SC(C)C(=O)NC(C)c3ccc(F)cc3)s2)cc1. The molecule has 0 spiro atoms. The molecule has 2 atom stereocenters. The van der Waals surface area contributed by atoms with Gasteiger partial charge in [-0.25, -0.2) is 4.39 Å². The fourth-order valence-corrected chi connectivity index (χ4v) is 4.40. The van der Waals surface area contributed by atoms with Crippen LogP contribution in [0.5, 0.6) is 5.75 Å². The number of carbonyl (C=O) groups is 1. The molecule has 0 aliphatic heterocycles. The maximum Gasteiger partial charge on any atom is 0.233 e. The number of thioether (sulfide) groups is 1. The number of ether oxygens (including phenoxy) is 1. The third-order valence-electron chi connectivity index (χ3n) is 4.12. The second-order valence-electron chi connectivity index (χ2n) is 6.27. The van der Waals surface area contributed by atoms with Crippen molar-refractivity contribution in [2.45, 2.75) is 29.5 Å². The molecule has 2 N–H and O–H groups in total. The minimum absolute atomic E-state index is 0.119. The monoisotopic (exact) mass is 432 g/mol. The lowest BCUT2D eigenvalue weighted by molar-refractivity contribution is -0.120. The molecule has 0 aliphatic carbocycles. The fourth-order valence-electron chi connectivity index (χ4n) is 2.48. The summed E-state index contributed by atoms with van der Waals surface area (Å²) in [6.07, 6.45) is 0. The molecule has 6 nitrogen and oxygen atoms in total. The van der Waals surface area contributed by atoms with Gasteiger partial charge in [-0.1, -0.05) is 35.2 Å². The molecule has 0 radical (unpaired) electrons. The molecule has 2 unspecified atom stereocenters. The van der Waals surface area contributed by atoms with E-state index in [0.717, 1.165) is 17.0 Å². The second kappa shape index (κ2) is 9.71. The van der Waals surface area contributed by atoms with E-state index in [0.29, 0.717) is 9.47 Å². The van der Waals surface area contributed by atoms with Gasteiger partial charge in [-0.15, -0.1) is 10.2 Å². The third-order valence-corrected chi connectivity index (χ3v) is 6.15. The van der Waals surface area contributed by atoms with E-state index in [9.17, 15) is 9.18 Å². The lowest BCUT2D eigenvalue weighted by Gasteiger charge is -2.17. The topological polar surface area (TPSA) is 76.1 Å². The van der Waals surface area contributed by atoms with Crippen molar-refractivity contribution in [3.05, 3.63) is 59.9 Å². The van der Waals surface area contributed by atoms with Crippen LogP contribution in [-0.4, -0.2) is 28.5 Å². The van der Waals surface area contributed by atoms with Crippen molar-refractivity contribution >= 4 is 39.8 Å². The van der Waals surface area contributed by atoms with Gasteiger partial charge in [0, 0.05) is 5.69 Å². The fraction of sp³-hybridized carbons (Fsp3) is 0.250. The van der Waals surface area contributed by atoms with Gasteiger partial charge in [0.2, 0.25) is 11.0 Å². The van der Waals surface area contributed by atoms with E-state index in [-0.39, 0.29) is 23.0 Å². The van der Waals surface area contributed by atoms with E-state index in [1.54, 1.807) is 19.2 Å². The van der Waals surface area contributed by atoms with E-state index < -0.39 is 0 Å². The molecule has 0 aliphatic rings. The van der Waals surface area contributed by atoms with Crippen molar-refractivity contribution in [2.24, 2.45) is 0 Å². The van der Waals surface area contributed by atoms with Crippen molar-refractivity contribution in [3.8, 4) is 5.75 Å². The Labute approximate surface area is 176 Å². The van der Waals surface area contributed by atoms with Gasteiger partial charge in [0.1, 0.15) is 11.6 Å². The summed E-state index contributed by atoms with van der Waals surface area (Å²) in [5, 5.41) is 14.7. The molecular weight excluding hydrogens is 411 g/mol. The highest BCUT2D eigenvalue weighted by atomic mass is 32.2. The zero-order chi connectivity index (χ0) is 20.8. The number of rotatable bonds is 8. The summed E-state index contributed by atoms with van der Waals surface area (Å²) < 4.78 is 18.9. The molecule has 29 heavy (non-hydrogen) atoms. The normalized spacial score (nSPS) is 12.8. The Morgan fingerprint density at radius 1 is 1.10 bits per heavy atom. The lowest BCUT2D eigenvalue weighted by atomic mass is 10.1. The summed E-state index contributed by atoms with van der Waals surface area (Å²) in [5.74, 6) is 0.358. The quantitative estimate of drug-likeness (QED) is 0.499. The van der Waals surface area contributed by atoms with Crippen molar-refractivity contribution in [2.75, 3.05) is 12.4 Å². The summed E-state index contributed by atoms with van der Waals surface area (Å²) in [6, 6.07) is 13.4. The molecule has 0 saturated carbocycles. The highest BCUT2D eigenvalue weighted by Crippen LogP contribution is 2.31. The standard InChI is InChI=1S/C20H21FN4O2S2/c1-12(14-4-6-15(21)7-5-14)22-18(26)13(2)28-20-25-24-19(29-20)23-16-8-10-17(27-3)11-9-16/h4-13H,1-3H3,(H,22,26)(H,23,24). The summed E-state index contributed by atoms with van der Waals surface area (Å²) in [5.41, 5.74) is 1.72. The molecule has 2 aromatic carbocycles. The van der Waals surface area contributed by atoms with Crippen LogP contribution in [0.4, 0.5) is 15.2 Å². The number of nitrogens with one attached hydrogen (secondary N) is 2. The Hall–Kier alpha value is -2.65. The van der Waals surface area contributed by atoms with Crippen LogP contribution in [0.1, 0.15) is 25.5 Å². The molecule has 1 heterocycles. The second-order valence-corrected chi connectivity index (χ2v) is 8.83. The summed E-state index contributed by atoms with van der Waals surface area (Å²) in [7, 11) is 1.62. The minimum atomic E-state index is -0.348. The number of hydrogen-bond acceptors (Lipinski definition) is 7. The number of carbonyl (C=O) groups excluding carboxylic acids is 1.